The number of hydrogen-bond acceptors (Lipinski definition) is 3. The van der Waals surface area contributed by atoms with E-state index in [0.717, 1.165) is 12.8 Å². The molecule has 2 rings (SSSR count). The highest BCUT2D eigenvalue weighted by atomic mass is 19.1. The number of rotatable bonds is 4. The van der Waals surface area contributed by atoms with Crippen molar-refractivity contribution in [1.82, 2.24) is 4.98 Å². The molecule has 1 fully saturated rings. The third kappa shape index (κ3) is 2.09. The molecule has 15 heavy (non-hydrogen) atoms. The molecule has 1 aliphatic carbocycles. The standard InChI is InChI=1S/C11H16FN3/c1-8(7-13)15(9-4-5-9)11-10(12)3-2-6-14-11/h2-3,6,8-9H,4-5,7,13H2,1H3. The quantitative estimate of drug-likeness (QED) is 0.817. The van der Waals surface area contributed by atoms with Crippen molar-refractivity contribution in [2.24, 2.45) is 5.73 Å². The van der Waals surface area contributed by atoms with Crippen LogP contribution in [0.25, 0.3) is 0 Å². The molecule has 0 aliphatic heterocycles. The Hall–Kier alpha value is -1.16. The lowest BCUT2D eigenvalue weighted by Gasteiger charge is -2.29. The van der Waals surface area contributed by atoms with Crippen molar-refractivity contribution in [3.63, 3.8) is 0 Å². The van der Waals surface area contributed by atoms with Crippen molar-refractivity contribution in [1.29, 1.82) is 0 Å². The number of halogens is 1. The number of nitrogens with two attached hydrogens (primary N) is 1. The Bertz CT molecular complexity index is 338. The molecule has 1 aromatic heterocycles. The minimum absolute atomic E-state index is 0.141. The van der Waals surface area contributed by atoms with Crippen LogP contribution in [0.3, 0.4) is 0 Å². The van der Waals surface area contributed by atoms with Crippen LogP contribution in [-0.2, 0) is 0 Å². The lowest BCUT2D eigenvalue weighted by atomic mass is 10.2. The Morgan fingerprint density at radius 3 is 2.93 bits per heavy atom. The van der Waals surface area contributed by atoms with E-state index in [1.165, 1.54) is 6.07 Å². The molecule has 4 heteroatoms. The lowest BCUT2D eigenvalue weighted by molar-refractivity contribution is 0.575. The molecule has 1 saturated carbocycles. The Morgan fingerprint density at radius 1 is 1.67 bits per heavy atom. The molecular formula is C11H16FN3. The Kier molecular flexibility index (Phi) is 2.86. The van der Waals surface area contributed by atoms with Crippen LogP contribution in [0, 0.1) is 5.82 Å². The van der Waals surface area contributed by atoms with Gasteiger partial charge in [-0.05, 0) is 31.9 Å². The second kappa shape index (κ2) is 4.14. The molecule has 1 aromatic rings. The summed E-state index contributed by atoms with van der Waals surface area (Å²) >= 11 is 0. The predicted octanol–water partition coefficient (Wildman–Crippen LogP) is 1.54. The van der Waals surface area contributed by atoms with Crippen LogP contribution in [0.2, 0.25) is 0 Å². The summed E-state index contributed by atoms with van der Waals surface area (Å²) in [5, 5.41) is 0. The van der Waals surface area contributed by atoms with Gasteiger partial charge in [0.05, 0.1) is 0 Å². The Morgan fingerprint density at radius 2 is 2.40 bits per heavy atom. The highest BCUT2D eigenvalue weighted by molar-refractivity contribution is 5.43. The van der Waals surface area contributed by atoms with Crippen LogP contribution in [0.15, 0.2) is 18.3 Å². The van der Waals surface area contributed by atoms with Gasteiger partial charge in [0.15, 0.2) is 11.6 Å². The average molecular weight is 209 g/mol. The van der Waals surface area contributed by atoms with Crippen molar-refractivity contribution < 1.29 is 4.39 Å². The van der Waals surface area contributed by atoms with E-state index in [2.05, 4.69) is 4.98 Å². The molecule has 0 amide bonds. The van der Waals surface area contributed by atoms with Gasteiger partial charge in [0, 0.05) is 24.8 Å². The Balaban J connectivity index is 2.28. The topological polar surface area (TPSA) is 42.1 Å². The molecule has 1 unspecified atom stereocenters. The van der Waals surface area contributed by atoms with Gasteiger partial charge < -0.3 is 10.6 Å². The van der Waals surface area contributed by atoms with Crippen molar-refractivity contribution in [3.05, 3.63) is 24.1 Å². The van der Waals surface area contributed by atoms with Gasteiger partial charge in [0.1, 0.15) is 0 Å². The summed E-state index contributed by atoms with van der Waals surface area (Å²) in [6.07, 6.45) is 3.84. The van der Waals surface area contributed by atoms with Gasteiger partial charge in [-0.1, -0.05) is 0 Å². The largest absolute Gasteiger partial charge is 0.347 e. The van der Waals surface area contributed by atoms with E-state index in [0.29, 0.717) is 18.4 Å². The summed E-state index contributed by atoms with van der Waals surface area (Å²) in [5.74, 6) is 0.183. The first-order chi connectivity index (χ1) is 7.24. The first-order valence-electron chi connectivity index (χ1n) is 5.33. The van der Waals surface area contributed by atoms with Gasteiger partial charge in [-0.15, -0.1) is 0 Å². The fourth-order valence-corrected chi connectivity index (χ4v) is 1.78. The number of aromatic nitrogens is 1. The van der Waals surface area contributed by atoms with E-state index in [4.69, 9.17) is 5.73 Å². The third-order valence-corrected chi connectivity index (χ3v) is 2.74. The van der Waals surface area contributed by atoms with Crippen molar-refractivity contribution in [2.45, 2.75) is 31.8 Å². The van der Waals surface area contributed by atoms with E-state index in [-0.39, 0.29) is 11.9 Å². The zero-order valence-corrected chi connectivity index (χ0v) is 8.86. The molecule has 1 atom stereocenters. The van der Waals surface area contributed by atoms with Crippen LogP contribution < -0.4 is 10.6 Å². The van der Waals surface area contributed by atoms with Crippen LogP contribution in [-0.4, -0.2) is 23.6 Å². The first-order valence-corrected chi connectivity index (χ1v) is 5.33. The summed E-state index contributed by atoms with van der Waals surface area (Å²) < 4.78 is 13.6. The van der Waals surface area contributed by atoms with Crippen molar-refractivity contribution in [2.75, 3.05) is 11.4 Å². The molecule has 0 saturated heterocycles. The minimum atomic E-state index is -0.260. The van der Waals surface area contributed by atoms with E-state index in [1.54, 1.807) is 12.3 Å². The van der Waals surface area contributed by atoms with Crippen LogP contribution in [0.1, 0.15) is 19.8 Å². The van der Waals surface area contributed by atoms with Crippen molar-refractivity contribution in [3.8, 4) is 0 Å². The Labute approximate surface area is 89.1 Å². The van der Waals surface area contributed by atoms with Gasteiger partial charge in [0.25, 0.3) is 0 Å². The van der Waals surface area contributed by atoms with E-state index in [1.807, 2.05) is 11.8 Å². The SMILES string of the molecule is CC(CN)N(c1ncccc1F)C1CC1. The normalized spacial score (nSPS) is 17.5. The van der Waals surface area contributed by atoms with Gasteiger partial charge in [0.2, 0.25) is 0 Å². The highest BCUT2D eigenvalue weighted by Crippen LogP contribution is 2.33. The molecule has 3 nitrogen and oxygen atoms in total. The highest BCUT2D eigenvalue weighted by Gasteiger charge is 2.33. The van der Waals surface area contributed by atoms with Crippen molar-refractivity contribution >= 4 is 5.82 Å². The van der Waals surface area contributed by atoms with E-state index >= 15 is 0 Å². The lowest BCUT2D eigenvalue weighted by Crippen LogP contribution is -2.41. The summed E-state index contributed by atoms with van der Waals surface area (Å²) in [7, 11) is 0. The smallest absolute Gasteiger partial charge is 0.165 e. The summed E-state index contributed by atoms with van der Waals surface area (Å²) in [5.41, 5.74) is 5.63. The van der Waals surface area contributed by atoms with Gasteiger partial charge in [-0.2, -0.15) is 0 Å². The molecular weight excluding hydrogens is 193 g/mol. The fourth-order valence-electron chi connectivity index (χ4n) is 1.78. The molecule has 0 bridgehead atoms. The monoisotopic (exact) mass is 209 g/mol. The molecule has 0 spiro atoms. The molecule has 1 aliphatic rings. The molecule has 2 N–H and O–H groups in total. The number of hydrogen-bond donors (Lipinski definition) is 1. The molecule has 1 heterocycles. The summed E-state index contributed by atoms with van der Waals surface area (Å²) in [6, 6.07) is 3.62. The number of anilines is 1. The zero-order chi connectivity index (χ0) is 10.8. The van der Waals surface area contributed by atoms with Gasteiger partial charge in [-0.3, -0.25) is 0 Å². The number of pyridine rings is 1. The van der Waals surface area contributed by atoms with E-state index < -0.39 is 0 Å². The van der Waals surface area contributed by atoms with Crippen LogP contribution in [0.4, 0.5) is 10.2 Å². The maximum absolute atomic E-state index is 13.6. The average Bonchev–Trinajstić information content (AvgIpc) is 3.05. The van der Waals surface area contributed by atoms with Crippen LogP contribution >= 0.6 is 0 Å². The molecule has 0 radical (unpaired) electrons. The second-order valence-corrected chi connectivity index (χ2v) is 4.03. The first kappa shape index (κ1) is 10.4. The van der Waals surface area contributed by atoms with E-state index in [9.17, 15) is 4.39 Å². The summed E-state index contributed by atoms with van der Waals surface area (Å²) in [4.78, 5) is 6.11. The molecule has 0 aromatic carbocycles. The third-order valence-electron chi connectivity index (χ3n) is 2.74. The molecule has 82 valence electrons. The zero-order valence-electron chi connectivity index (χ0n) is 8.86. The fraction of sp³-hybridized carbons (Fsp3) is 0.545. The number of nitrogens with zero attached hydrogens (tertiary/aromatic N) is 2. The van der Waals surface area contributed by atoms with Gasteiger partial charge in [-0.25, -0.2) is 9.37 Å². The van der Waals surface area contributed by atoms with Gasteiger partial charge >= 0.3 is 0 Å². The van der Waals surface area contributed by atoms with Crippen LogP contribution in [0.5, 0.6) is 0 Å². The predicted molar refractivity (Wildman–Crippen MR) is 58.2 cm³/mol. The second-order valence-electron chi connectivity index (χ2n) is 4.03. The summed E-state index contributed by atoms with van der Waals surface area (Å²) in [6.45, 7) is 2.53. The minimum Gasteiger partial charge on any atom is -0.347 e. The maximum atomic E-state index is 13.6. The maximum Gasteiger partial charge on any atom is 0.165 e.